The second-order valence-corrected chi connectivity index (χ2v) is 6.50. The molecule has 0 saturated heterocycles. The van der Waals surface area contributed by atoms with Gasteiger partial charge in [-0.2, -0.15) is 5.10 Å². The topological polar surface area (TPSA) is 88.2 Å². The van der Waals surface area contributed by atoms with E-state index in [1.54, 1.807) is 14.2 Å². The van der Waals surface area contributed by atoms with Crippen LogP contribution in [-0.4, -0.2) is 42.6 Å². The molecule has 0 spiro atoms. The van der Waals surface area contributed by atoms with Crippen LogP contribution in [0.1, 0.15) is 12.0 Å². The summed E-state index contributed by atoms with van der Waals surface area (Å²) in [6.07, 6.45) is 0.0913. The lowest BCUT2D eigenvalue weighted by Crippen LogP contribution is -2.40. The molecule has 2 amide bonds. The molecule has 2 aromatic carbocycles. The number of halogens is 1. The summed E-state index contributed by atoms with van der Waals surface area (Å²) < 4.78 is 18.4. The fraction of sp³-hybridized carbons (Fsp3) is 0.250. The highest BCUT2D eigenvalue weighted by atomic mass is 19.1. The van der Waals surface area contributed by atoms with Crippen LogP contribution in [0.25, 0.3) is 0 Å². The van der Waals surface area contributed by atoms with E-state index in [0.29, 0.717) is 18.0 Å². The van der Waals surface area contributed by atoms with Crippen molar-refractivity contribution in [3.63, 3.8) is 0 Å². The summed E-state index contributed by atoms with van der Waals surface area (Å²) in [7, 11) is 3.24. The van der Waals surface area contributed by atoms with Crippen molar-refractivity contribution in [2.75, 3.05) is 19.2 Å². The molecule has 28 heavy (non-hydrogen) atoms. The molecule has 146 valence electrons. The van der Waals surface area contributed by atoms with Crippen molar-refractivity contribution < 1.29 is 18.7 Å². The molecule has 0 saturated carbocycles. The van der Waals surface area contributed by atoms with Gasteiger partial charge in [-0.25, -0.2) is 4.39 Å². The molecule has 0 bridgehead atoms. The van der Waals surface area contributed by atoms with Crippen LogP contribution in [0.5, 0.6) is 5.75 Å². The molecule has 0 radical (unpaired) electrons. The monoisotopic (exact) mass is 384 g/mol. The van der Waals surface area contributed by atoms with E-state index in [4.69, 9.17) is 10.5 Å². The maximum Gasteiger partial charge on any atom is 0.270 e. The molecule has 8 heteroatoms. The quantitative estimate of drug-likeness (QED) is 0.824. The second kappa shape index (κ2) is 8.08. The standard InChI is InChI=1S/C20H21FN4O3/c1-24(12-13-4-3-5-16(10-13)28-2)20(27)17-11-18(19(22)26)25(23-17)15-8-6-14(21)7-9-15/h3-10,18H,11-12H2,1-2H3,(H2,22,26). The molecular weight excluding hydrogens is 363 g/mol. The highest BCUT2D eigenvalue weighted by Crippen LogP contribution is 2.25. The van der Waals surface area contributed by atoms with Crippen LogP contribution >= 0.6 is 0 Å². The SMILES string of the molecule is COc1cccc(CN(C)C(=O)C2=NN(c3ccc(F)cc3)C(C(N)=O)C2)c1. The number of nitrogens with zero attached hydrogens (tertiary/aromatic N) is 3. The van der Waals surface area contributed by atoms with Crippen molar-refractivity contribution in [2.45, 2.75) is 19.0 Å². The van der Waals surface area contributed by atoms with Crippen LogP contribution in [0, 0.1) is 5.82 Å². The fourth-order valence-electron chi connectivity index (χ4n) is 3.03. The number of amides is 2. The van der Waals surface area contributed by atoms with Crippen molar-refractivity contribution in [3.05, 3.63) is 59.9 Å². The summed E-state index contributed by atoms with van der Waals surface area (Å²) in [5.74, 6) is -0.616. The molecule has 2 N–H and O–H groups in total. The van der Waals surface area contributed by atoms with Gasteiger partial charge >= 0.3 is 0 Å². The van der Waals surface area contributed by atoms with Gasteiger partial charge in [0.1, 0.15) is 23.3 Å². The second-order valence-electron chi connectivity index (χ2n) is 6.50. The molecule has 1 heterocycles. The van der Waals surface area contributed by atoms with E-state index < -0.39 is 17.8 Å². The largest absolute Gasteiger partial charge is 0.497 e. The Morgan fingerprint density at radius 2 is 2.00 bits per heavy atom. The molecule has 2 aromatic rings. The average molecular weight is 384 g/mol. The van der Waals surface area contributed by atoms with E-state index in [1.165, 1.54) is 34.2 Å². The van der Waals surface area contributed by atoms with E-state index >= 15 is 0 Å². The number of hydrazone groups is 1. The Labute approximate surface area is 162 Å². The fourth-order valence-corrected chi connectivity index (χ4v) is 3.03. The zero-order chi connectivity index (χ0) is 20.3. The molecule has 1 aliphatic rings. The zero-order valence-corrected chi connectivity index (χ0v) is 15.6. The van der Waals surface area contributed by atoms with Crippen LogP contribution in [0.15, 0.2) is 53.6 Å². The van der Waals surface area contributed by atoms with Gasteiger partial charge in [0.15, 0.2) is 0 Å². The van der Waals surface area contributed by atoms with Crippen molar-refractivity contribution in [1.29, 1.82) is 0 Å². The number of ether oxygens (including phenoxy) is 1. The Bertz CT molecular complexity index is 914. The Morgan fingerprint density at radius 1 is 1.29 bits per heavy atom. The number of carbonyl (C=O) groups excluding carboxylic acids is 2. The minimum Gasteiger partial charge on any atom is -0.497 e. The van der Waals surface area contributed by atoms with E-state index in [-0.39, 0.29) is 18.0 Å². The van der Waals surface area contributed by atoms with Crippen LogP contribution in [0.2, 0.25) is 0 Å². The first kappa shape index (κ1) is 19.3. The van der Waals surface area contributed by atoms with Crippen LogP contribution in [0.3, 0.4) is 0 Å². The maximum atomic E-state index is 13.2. The van der Waals surface area contributed by atoms with E-state index in [0.717, 1.165) is 5.56 Å². The van der Waals surface area contributed by atoms with Crippen LogP contribution in [0.4, 0.5) is 10.1 Å². The number of nitrogens with two attached hydrogens (primary N) is 1. The Kier molecular flexibility index (Phi) is 5.58. The summed E-state index contributed by atoms with van der Waals surface area (Å²) >= 11 is 0. The number of carbonyl (C=O) groups is 2. The minimum atomic E-state index is -0.797. The first-order chi connectivity index (χ1) is 13.4. The molecule has 1 aliphatic heterocycles. The van der Waals surface area contributed by atoms with Crippen molar-refractivity contribution in [2.24, 2.45) is 10.8 Å². The smallest absolute Gasteiger partial charge is 0.270 e. The molecule has 7 nitrogen and oxygen atoms in total. The Balaban J connectivity index is 1.79. The normalized spacial score (nSPS) is 15.9. The van der Waals surface area contributed by atoms with Gasteiger partial charge < -0.3 is 15.4 Å². The number of anilines is 1. The lowest BCUT2D eigenvalue weighted by atomic mass is 10.1. The van der Waals surface area contributed by atoms with Crippen molar-refractivity contribution in [1.82, 2.24) is 4.90 Å². The van der Waals surface area contributed by atoms with E-state index in [1.807, 2.05) is 24.3 Å². The van der Waals surface area contributed by atoms with Gasteiger partial charge in [0.05, 0.1) is 12.8 Å². The third-order valence-corrected chi connectivity index (χ3v) is 4.48. The molecule has 1 unspecified atom stereocenters. The summed E-state index contributed by atoms with van der Waals surface area (Å²) in [6, 6.07) is 12.1. The molecular formula is C20H21FN4O3. The lowest BCUT2D eigenvalue weighted by Gasteiger charge is -2.20. The van der Waals surface area contributed by atoms with Crippen molar-refractivity contribution >= 4 is 23.2 Å². The van der Waals surface area contributed by atoms with Gasteiger partial charge in [-0.1, -0.05) is 12.1 Å². The number of primary amides is 1. The van der Waals surface area contributed by atoms with Gasteiger partial charge in [-0.3, -0.25) is 14.6 Å². The molecule has 3 rings (SSSR count). The summed E-state index contributed by atoms with van der Waals surface area (Å²) in [6.45, 7) is 0.354. The first-order valence-corrected chi connectivity index (χ1v) is 8.69. The summed E-state index contributed by atoms with van der Waals surface area (Å²) in [5.41, 5.74) is 7.09. The highest BCUT2D eigenvalue weighted by molar-refractivity contribution is 6.40. The number of methoxy groups -OCH3 is 1. The molecule has 0 fully saturated rings. The Morgan fingerprint density at radius 3 is 2.64 bits per heavy atom. The number of hydrogen-bond acceptors (Lipinski definition) is 5. The van der Waals surface area contributed by atoms with Crippen LogP contribution in [-0.2, 0) is 16.1 Å². The van der Waals surface area contributed by atoms with Gasteiger partial charge in [0, 0.05) is 20.0 Å². The molecule has 0 aliphatic carbocycles. The number of hydrogen-bond donors (Lipinski definition) is 1. The van der Waals surface area contributed by atoms with E-state index in [2.05, 4.69) is 5.10 Å². The van der Waals surface area contributed by atoms with Gasteiger partial charge in [0.25, 0.3) is 5.91 Å². The first-order valence-electron chi connectivity index (χ1n) is 8.69. The molecule has 1 atom stereocenters. The lowest BCUT2D eigenvalue weighted by molar-refractivity contribution is -0.123. The molecule has 0 aromatic heterocycles. The third kappa shape index (κ3) is 4.11. The third-order valence-electron chi connectivity index (χ3n) is 4.48. The summed E-state index contributed by atoms with van der Waals surface area (Å²) in [5, 5.41) is 5.67. The Hall–Kier alpha value is -3.42. The van der Waals surface area contributed by atoms with Gasteiger partial charge in [0.2, 0.25) is 5.91 Å². The minimum absolute atomic E-state index is 0.0913. The zero-order valence-electron chi connectivity index (χ0n) is 15.6. The van der Waals surface area contributed by atoms with Crippen molar-refractivity contribution in [3.8, 4) is 5.75 Å². The predicted octanol–water partition coefficient (Wildman–Crippen LogP) is 1.91. The highest BCUT2D eigenvalue weighted by Gasteiger charge is 2.36. The summed E-state index contributed by atoms with van der Waals surface area (Å²) in [4.78, 5) is 26.2. The average Bonchev–Trinajstić information content (AvgIpc) is 3.13. The predicted molar refractivity (Wildman–Crippen MR) is 103 cm³/mol. The number of benzene rings is 2. The van der Waals surface area contributed by atoms with Gasteiger partial charge in [-0.05, 0) is 42.0 Å². The number of rotatable bonds is 6. The van der Waals surface area contributed by atoms with Crippen LogP contribution < -0.4 is 15.5 Å². The van der Waals surface area contributed by atoms with Gasteiger partial charge in [-0.15, -0.1) is 0 Å². The van der Waals surface area contributed by atoms with E-state index in [9.17, 15) is 14.0 Å². The maximum absolute atomic E-state index is 13.2.